The van der Waals surface area contributed by atoms with Crippen LogP contribution in [0.25, 0.3) is 17.0 Å². The molecule has 3 heterocycles. The summed E-state index contributed by atoms with van der Waals surface area (Å²) >= 11 is 0. The minimum absolute atomic E-state index is 0.0180. The van der Waals surface area contributed by atoms with Gasteiger partial charge >= 0.3 is 0 Å². The van der Waals surface area contributed by atoms with Gasteiger partial charge in [-0.1, -0.05) is 6.07 Å². The van der Waals surface area contributed by atoms with Crippen LogP contribution in [0.4, 0.5) is 14.5 Å². The Labute approximate surface area is 198 Å². The Hall–Kier alpha value is -4.67. The zero-order valence-electron chi connectivity index (χ0n) is 18.1. The minimum atomic E-state index is -0.920. The summed E-state index contributed by atoms with van der Waals surface area (Å²) in [4.78, 5) is 21.1. The van der Waals surface area contributed by atoms with E-state index >= 15 is 0 Å². The van der Waals surface area contributed by atoms with Gasteiger partial charge in [0.2, 0.25) is 0 Å². The third-order valence-corrected chi connectivity index (χ3v) is 5.33. The van der Waals surface area contributed by atoms with Gasteiger partial charge in [0.05, 0.1) is 47.3 Å². The Kier molecular flexibility index (Phi) is 6.76. The van der Waals surface area contributed by atoms with Gasteiger partial charge in [0.1, 0.15) is 35.3 Å². The van der Waals surface area contributed by atoms with Crippen LogP contribution in [0.1, 0.15) is 34.5 Å². The molecule has 1 aliphatic rings. The van der Waals surface area contributed by atoms with E-state index in [0.717, 1.165) is 12.1 Å². The summed E-state index contributed by atoms with van der Waals surface area (Å²) in [5.41, 5.74) is -0.390. The number of carbonyl (C=O) groups excluding carboxylic acids is 1. The van der Waals surface area contributed by atoms with Crippen LogP contribution in [0.3, 0.4) is 0 Å². The Morgan fingerprint density at radius 1 is 1.20 bits per heavy atom. The second-order valence-electron chi connectivity index (χ2n) is 7.57. The molecule has 2 atom stereocenters. The molecule has 0 unspecified atom stereocenters. The van der Waals surface area contributed by atoms with E-state index in [0.29, 0.717) is 11.3 Å². The highest BCUT2D eigenvalue weighted by molar-refractivity contribution is 6.04. The number of carbonyl (C=O) groups is 1. The molecule has 0 saturated carbocycles. The van der Waals surface area contributed by atoms with Crippen LogP contribution in [-0.2, 0) is 4.74 Å². The molecule has 4 rings (SSSR count). The number of hydrogen-bond donors (Lipinski definition) is 2. The SMILES string of the molecule is N#CC[C@H]1OC(c2ccncc2NC(=O)c2ccc(C#N)c(-c3c(F)cccc3F)n2)=CC[C@@H]1O. The number of hydrogen-bond acceptors (Lipinski definition) is 7. The van der Waals surface area contributed by atoms with Crippen LogP contribution in [0.15, 0.2) is 54.9 Å². The molecule has 3 aromatic rings. The molecule has 0 saturated heterocycles. The summed E-state index contributed by atoms with van der Waals surface area (Å²) in [6.07, 6.45) is 3.18. The maximum Gasteiger partial charge on any atom is 0.274 e. The number of benzene rings is 1. The van der Waals surface area contributed by atoms with Crippen molar-refractivity contribution >= 4 is 17.4 Å². The van der Waals surface area contributed by atoms with Gasteiger partial charge < -0.3 is 15.2 Å². The average Bonchev–Trinajstić information content (AvgIpc) is 2.86. The summed E-state index contributed by atoms with van der Waals surface area (Å²) in [5.74, 6) is -2.20. The molecule has 35 heavy (non-hydrogen) atoms. The first-order valence-corrected chi connectivity index (χ1v) is 10.5. The maximum atomic E-state index is 14.3. The van der Waals surface area contributed by atoms with Crippen molar-refractivity contribution < 1.29 is 23.4 Å². The molecule has 174 valence electrons. The van der Waals surface area contributed by atoms with Crippen LogP contribution in [0.5, 0.6) is 0 Å². The molecular formula is C25H17F2N5O3. The average molecular weight is 473 g/mol. The number of aromatic nitrogens is 2. The van der Waals surface area contributed by atoms with E-state index in [2.05, 4.69) is 15.3 Å². The highest BCUT2D eigenvalue weighted by Gasteiger charge is 2.27. The normalized spacial score (nSPS) is 16.9. The molecule has 0 spiro atoms. The van der Waals surface area contributed by atoms with Gasteiger partial charge in [0.15, 0.2) is 0 Å². The zero-order valence-corrected chi connectivity index (χ0v) is 18.1. The van der Waals surface area contributed by atoms with Gasteiger partial charge in [-0.2, -0.15) is 10.5 Å². The standard InChI is InChI=1S/C25H17F2N5O3/c26-16-2-1-3-17(27)23(16)24-14(12-29)4-5-18(31-24)25(34)32-19-13-30-11-9-15(19)21-7-6-20(33)22(35-21)8-10-28/h1-5,7,9,11,13,20,22,33H,6,8H2,(H,32,34)/t20-,22+/m0/s1. The maximum absolute atomic E-state index is 14.3. The molecule has 0 fully saturated rings. The van der Waals surface area contributed by atoms with Gasteiger partial charge in [-0.25, -0.2) is 13.8 Å². The number of aliphatic hydroxyl groups is 1. The summed E-state index contributed by atoms with van der Waals surface area (Å²) in [5, 5.41) is 31.0. The molecule has 8 nitrogen and oxygen atoms in total. The third-order valence-electron chi connectivity index (χ3n) is 5.33. The number of nitrogens with zero attached hydrogens (tertiary/aromatic N) is 4. The fraction of sp³-hybridized carbons (Fsp3) is 0.160. The lowest BCUT2D eigenvalue weighted by Gasteiger charge is -2.28. The number of nitrogens with one attached hydrogen (secondary N) is 1. The van der Waals surface area contributed by atoms with Crippen molar-refractivity contribution in [1.29, 1.82) is 10.5 Å². The van der Waals surface area contributed by atoms with E-state index in [9.17, 15) is 23.9 Å². The zero-order chi connectivity index (χ0) is 24.9. The lowest BCUT2D eigenvalue weighted by molar-refractivity contribution is 0.0138. The first kappa shape index (κ1) is 23.5. The molecule has 1 aliphatic heterocycles. The second kappa shape index (κ2) is 10.1. The van der Waals surface area contributed by atoms with Crippen molar-refractivity contribution in [1.82, 2.24) is 9.97 Å². The monoisotopic (exact) mass is 473 g/mol. The van der Waals surface area contributed by atoms with E-state index in [1.807, 2.05) is 12.1 Å². The molecule has 0 radical (unpaired) electrons. The van der Waals surface area contributed by atoms with Gasteiger partial charge in [-0.3, -0.25) is 9.78 Å². The van der Waals surface area contributed by atoms with E-state index in [1.54, 1.807) is 12.1 Å². The molecule has 1 aromatic carbocycles. The van der Waals surface area contributed by atoms with Crippen LogP contribution < -0.4 is 5.32 Å². The number of halogens is 2. The summed E-state index contributed by atoms with van der Waals surface area (Å²) < 4.78 is 34.5. The van der Waals surface area contributed by atoms with Crippen molar-refractivity contribution in [3.8, 4) is 23.4 Å². The highest BCUT2D eigenvalue weighted by atomic mass is 19.1. The predicted molar refractivity (Wildman–Crippen MR) is 120 cm³/mol. The number of ether oxygens (including phenoxy) is 1. The molecule has 0 aliphatic carbocycles. The van der Waals surface area contributed by atoms with Gasteiger partial charge in [0, 0.05) is 11.8 Å². The van der Waals surface area contributed by atoms with Gasteiger partial charge in [0.25, 0.3) is 5.91 Å². The number of nitriles is 2. The topological polar surface area (TPSA) is 132 Å². The van der Waals surface area contributed by atoms with Crippen molar-refractivity contribution in [2.24, 2.45) is 0 Å². The molecule has 2 N–H and O–H groups in total. The molecule has 10 heteroatoms. The second-order valence-corrected chi connectivity index (χ2v) is 7.57. The molecule has 0 bridgehead atoms. The van der Waals surface area contributed by atoms with Gasteiger partial charge in [-0.05, 0) is 42.8 Å². The molecule has 2 aromatic heterocycles. The minimum Gasteiger partial charge on any atom is -0.486 e. The number of anilines is 1. The quantitative estimate of drug-likeness (QED) is 0.573. The number of amides is 1. The molecular weight excluding hydrogens is 456 g/mol. The van der Waals surface area contributed by atoms with Crippen LogP contribution >= 0.6 is 0 Å². The molecule has 1 amide bonds. The fourth-order valence-corrected chi connectivity index (χ4v) is 3.60. The summed E-state index contributed by atoms with van der Waals surface area (Å²) in [6.45, 7) is 0. The number of rotatable bonds is 5. The third kappa shape index (κ3) is 4.83. The number of pyridine rings is 2. The Bertz CT molecular complexity index is 1390. The van der Waals surface area contributed by atoms with Crippen molar-refractivity contribution in [3.05, 3.63) is 83.3 Å². The van der Waals surface area contributed by atoms with Crippen molar-refractivity contribution in [2.45, 2.75) is 25.0 Å². The highest BCUT2D eigenvalue weighted by Crippen LogP contribution is 2.32. The number of aliphatic hydroxyl groups excluding tert-OH is 1. The van der Waals surface area contributed by atoms with Crippen LogP contribution in [-0.4, -0.2) is 33.2 Å². The fourth-order valence-electron chi connectivity index (χ4n) is 3.60. The van der Waals surface area contributed by atoms with E-state index in [1.165, 1.54) is 30.6 Å². The van der Waals surface area contributed by atoms with Crippen LogP contribution in [0, 0.1) is 34.3 Å². The predicted octanol–water partition coefficient (Wildman–Crippen LogP) is 3.95. The Balaban J connectivity index is 1.66. The van der Waals surface area contributed by atoms with E-state index in [-0.39, 0.29) is 35.5 Å². The van der Waals surface area contributed by atoms with Gasteiger partial charge in [-0.15, -0.1) is 0 Å². The summed E-state index contributed by atoms with van der Waals surface area (Å²) in [6, 6.07) is 11.2. The lowest BCUT2D eigenvalue weighted by Crippen LogP contribution is -2.31. The van der Waals surface area contributed by atoms with Crippen molar-refractivity contribution in [3.63, 3.8) is 0 Å². The first-order chi connectivity index (χ1) is 16.9. The van der Waals surface area contributed by atoms with E-state index in [4.69, 9.17) is 10.00 Å². The first-order valence-electron chi connectivity index (χ1n) is 10.5. The van der Waals surface area contributed by atoms with Crippen molar-refractivity contribution in [2.75, 3.05) is 5.32 Å². The smallest absolute Gasteiger partial charge is 0.274 e. The Morgan fingerprint density at radius 3 is 2.69 bits per heavy atom. The van der Waals surface area contributed by atoms with E-state index < -0.39 is 35.3 Å². The lowest BCUT2D eigenvalue weighted by atomic mass is 10.0. The Morgan fingerprint density at radius 2 is 1.97 bits per heavy atom. The van der Waals surface area contributed by atoms with Crippen LogP contribution in [0.2, 0.25) is 0 Å². The summed E-state index contributed by atoms with van der Waals surface area (Å²) in [7, 11) is 0. The largest absolute Gasteiger partial charge is 0.486 e.